The Labute approximate surface area is 86.0 Å². The van der Waals surface area contributed by atoms with Gasteiger partial charge in [0, 0.05) is 18.8 Å². The summed E-state index contributed by atoms with van der Waals surface area (Å²) in [6.07, 6.45) is 0. The van der Waals surface area contributed by atoms with Gasteiger partial charge in [0.1, 0.15) is 0 Å². The highest BCUT2D eigenvalue weighted by molar-refractivity contribution is 5.46. The minimum atomic E-state index is 0.862. The number of nitrogens with two attached hydrogens (primary N) is 1. The molecule has 1 aromatic rings. The van der Waals surface area contributed by atoms with Crippen LogP contribution in [0, 0.1) is 0 Å². The first-order chi connectivity index (χ1) is 6.59. The predicted octanol–water partition coefficient (Wildman–Crippen LogP) is 2.28. The van der Waals surface area contributed by atoms with E-state index in [1.54, 1.807) is 0 Å². The van der Waals surface area contributed by atoms with Gasteiger partial charge in [-0.2, -0.15) is 0 Å². The quantitative estimate of drug-likeness (QED) is 0.583. The summed E-state index contributed by atoms with van der Waals surface area (Å²) >= 11 is 0. The zero-order valence-electron chi connectivity index (χ0n) is 8.96. The van der Waals surface area contributed by atoms with Gasteiger partial charge in [-0.15, -0.1) is 0 Å². The van der Waals surface area contributed by atoms with Crippen molar-refractivity contribution in [2.45, 2.75) is 13.5 Å². The molecule has 0 amide bonds. The number of benzene rings is 1. The molecule has 0 aliphatic carbocycles. The van der Waals surface area contributed by atoms with Gasteiger partial charge >= 0.3 is 0 Å². The summed E-state index contributed by atoms with van der Waals surface area (Å²) in [6, 6.07) is 7.96. The van der Waals surface area contributed by atoms with Crippen molar-refractivity contribution in [1.82, 2.24) is 4.90 Å². The summed E-state index contributed by atoms with van der Waals surface area (Å²) in [7, 11) is 2.07. The topological polar surface area (TPSA) is 29.3 Å². The van der Waals surface area contributed by atoms with Crippen molar-refractivity contribution in [3.8, 4) is 0 Å². The maximum absolute atomic E-state index is 5.85. The van der Waals surface area contributed by atoms with E-state index in [9.17, 15) is 0 Å². The van der Waals surface area contributed by atoms with E-state index < -0.39 is 0 Å². The zero-order chi connectivity index (χ0) is 10.6. The van der Waals surface area contributed by atoms with E-state index in [-0.39, 0.29) is 0 Å². The predicted molar refractivity (Wildman–Crippen MR) is 62.0 cm³/mol. The van der Waals surface area contributed by atoms with Crippen LogP contribution in [0.1, 0.15) is 12.5 Å². The molecule has 0 heterocycles. The van der Waals surface area contributed by atoms with Gasteiger partial charge < -0.3 is 5.73 Å². The summed E-state index contributed by atoms with van der Waals surface area (Å²) in [6.45, 7) is 7.70. The lowest BCUT2D eigenvalue weighted by molar-refractivity contribution is 0.356. The second-order valence-electron chi connectivity index (χ2n) is 3.83. The number of anilines is 1. The smallest absolute Gasteiger partial charge is 0.0359 e. The van der Waals surface area contributed by atoms with Crippen LogP contribution in [-0.4, -0.2) is 18.5 Å². The third-order valence-corrected chi connectivity index (χ3v) is 2.04. The van der Waals surface area contributed by atoms with Crippen LogP contribution in [0.2, 0.25) is 0 Å². The van der Waals surface area contributed by atoms with Crippen molar-refractivity contribution in [2.24, 2.45) is 0 Å². The number of likely N-dealkylation sites (N-methyl/N-ethyl adjacent to an activating group) is 1. The fraction of sp³-hybridized carbons (Fsp3) is 0.333. The molecule has 0 aliphatic heterocycles. The Bertz CT molecular complexity index is 318. The first-order valence-corrected chi connectivity index (χ1v) is 4.76. The Morgan fingerprint density at radius 3 is 2.64 bits per heavy atom. The van der Waals surface area contributed by atoms with E-state index >= 15 is 0 Å². The number of nitrogen functional groups attached to an aromatic ring is 1. The molecule has 0 fully saturated rings. The Kier molecular flexibility index (Phi) is 3.72. The van der Waals surface area contributed by atoms with E-state index in [0.29, 0.717) is 0 Å². The van der Waals surface area contributed by atoms with Crippen molar-refractivity contribution >= 4 is 5.69 Å². The summed E-state index contributed by atoms with van der Waals surface area (Å²) in [4.78, 5) is 2.20. The third kappa shape index (κ3) is 3.23. The van der Waals surface area contributed by atoms with E-state index in [4.69, 9.17) is 5.73 Å². The monoisotopic (exact) mass is 190 g/mol. The van der Waals surface area contributed by atoms with E-state index in [0.717, 1.165) is 18.8 Å². The maximum atomic E-state index is 5.85. The Morgan fingerprint density at radius 2 is 2.07 bits per heavy atom. The van der Waals surface area contributed by atoms with Crippen LogP contribution in [0.5, 0.6) is 0 Å². The Morgan fingerprint density at radius 1 is 1.43 bits per heavy atom. The lowest BCUT2D eigenvalue weighted by atomic mass is 10.1. The fourth-order valence-corrected chi connectivity index (χ4v) is 1.49. The minimum absolute atomic E-state index is 0.862. The molecule has 0 saturated heterocycles. The van der Waals surface area contributed by atoms with Crippen molar-refractivity contribution < 1.29 is 0 Å². The average molecular weight is 190 g/mol. The molecule has 0 spiro atoms. The largest absolute Gasteiger partial charge is 0.398 e. The molecule has 0 radical (unpaired) electrons. The summed E-state index contributed by atoms with van der Waals surface area (Å²) in [5.41, 5.74) is 9.06. The van der Waals surface area contributed by atoms with Gasteiger partial charge in [-0.25, -0.2) is 0 Å². The van der Waals surface area contributed by atoms with Gasteiger partial charge in [-0.1, -0.05) is 30.4 Å². The molecule has 0 aliphatic rings. The summed E-state index contributed by atoms with van der Waals surface area (Å²) in [5.74, 6) is 0. The van der Waals surface area contributed by atoms with Crippen LogP contribution < -0.4 is 5.73 Å². The fourth-order valence-electron chi connectivity index (χ4n) is 1.49. The standard InChI is InChI=1S/C12H18N2/c1-10(2)8-14(3)9-11-6-4-5-7-12(11)13/h4-7H,1,8-9,13H2,2-3H3. The van der Waals surface area contributed by atoms with E-state index in [1.807, 2.05) is 25.1 Å². The molecule has 0 aromatic heterocycles. The number of rotatable bonds is 4. The van der Waals surface area contributed by atoms with E-state index in [2.05, 4.69) is 24.6 Å². The van der Waals surface area contributed by atoms with E-state index in [1.165, 1.54) is 11.1 Å². The number of hydrogen-bond donors (Lipinski definition) is 1. The maximum Gasteiger partial charge on any atom is 0.0359 e. The van der Waals surface area contributed by atoms with Gasteiger partial charge in [0.15, 0.2) is 0 Å². The molecule has 14 heavy (non-hydrogen) atoms. The average Bonchev–Trinajstić information content (AvgIpc) is 2.07. The lowest BCUT2D eigenvalue weighted by Gasteiger charge is -2.17. The Balaban J connectivity index is 2.60. The molecule has 0 saturated carbocycles. The molecule has 2 heteroatoms. The van der Waals surface area contributed by atoms with Gasteiger partial charge in [0.2, 0.25) is 0 Å². The molecule has 0 atom stereocenters. The first kappa shape index (κ1) is 10.8. The normalized spacial score (nSPS) is 10.5. The van der Waals surface area contributed by atoms with Crippen molar-refractivity contribution in [1.29, 1.82) is 0 Å². The number of para-hydroxylation sites is 1. The summed E-state index contributed by atoms with van der Waals surface area (Å²) < 4.78 is 0. The molecular weight excluding hydrogens is 172 g/mol. The van der Waals surface area contributed by atoms with Gasteiger partial charge in [0.05, 0.1) is 0 Å². The highest BCUT2D eigenvalue weighted by Gasteiger charge is 2.02. The van der Waals surface area contributed by atoms with Crippen molar-refractivity contribution in [3.63, 3.8) is 0 Å². The molecule has 2 nitrogen and oxygen atoms in total. The van der Waals surface area contributed by atoms with Crippen LogP contribution in [0.4, 0.5) is 5.69 Å². The van der Waals surface area contributed by atoms with Gasteiger partial charge in [-0.3, -0.25) is 4.90 Å². The highest BCUT2D eigenvalue weighted by atomic mass is 15.1. The lowest BCUT2D eigenvalue weighted by Crippen LogP contribution is -2.20. The van der Waals surface area contributed by atoms with Crippen LogP contribution >= 0.6 is 0 Å². The number of hydrogen-bond acceptors (Lipinski definition) is 2. The van der Waals surface area contributed by atoms with Crippen molar-refractivity contribution in [2.75, 3.05) is 19.3 Å². The Hall–Kier alpha value is -1.28. The number of nitrogens with zero attached hydrogens (tertiary/aromatic N) is 1. The molecule has 76 valence electrons. The van der Waals surface area contributed by atoms with Crippen LogP contribution in [-0.2, 0) is 6.54 Å². The SMILES string of the molecule is C=C(C)CN(C)Cc1ccccc1N. The molecule has 0 unspecified atom stereocenters. The molecule has 1 rings (SSSR count). The summed E-state index contributed by atoms with van der Waals surface area (Å²) in [5, 5.41) is 0. The molecular formula is C12H18N2. The van der Waals surface area contributed by atoms with Gasteiger partial charge in [0.25, 0.3) is 0 Å². The van der Waals surface area contributed by atoms with Crippen LogP contribution in [0.15, 0.2) is 36.4 Å². The first-order valence-electron chi connectivity index (χ1n) is 4.76. The second-order valence-corrected chi connectivity index (χ2v) is 3.83. The molecule has 1 aromatic carbocycles. The molecule has 2 N–H and O–H groups in total. The van der Waals surface area contributed by atoms with Crippen molar-refractivity contribution in [3.05, 3.63) is 42.0 Å². The van der Waals surface area contributed by atoms with Crippen LogP contribution in [0.25, 0.3) is 0 Å². The molecule has 0 bridgehead atoms. The third-order valence-electron chi connectivity index (χ3n) is 2.04. The zero-order valence-corrected chi connectivity index (χ0v) is 8.96. The minimum Gasteiger partial charge on any atom is -0.398 e. The van der Waals surface area contributed by atoms with Gasteiger partial charge in [-0.05, 0) is 25.6 Å². The highest BCUT2D eigenvalue weighted by Crippen LogP contribution is 2.12. The van der Waals surface area contributed by atoms with Crippen LogP contribution in [0.3, 0.4) is 0 Å². The second kappa shape index (κ2) is 4.82.